The van der Waals surface area contributed by atoms with Crippen molar-refractivity contribution in [1.29, 1.82) is 0 Å². The average Bonchev–Trinajstić information content (AvgIpc) is 2.20. The van der Waals surface area contributed by atoms with Gasteiger partial charge in [-0.3, -0.25) is 4.79 Å². The smallest absolute Gasteiger partial charge is 0.237 e. The predicted molar refractivity (Wildman–Crippen MR) is 61.4 cm³/mol. The zero-order valence-electron chi connectivity index (χ0n) is 9.92. The Labute approximate surface area is 92.0 Å². The molecule has 1 rings (SSSR count). The van der Waals surface area contributed by atoms with Gasteiger partial charge in [-0.1, -0.05) is 13.8 Å². The zero-order chi connectivity index (χ0) is 11.4. The van der Waals surface area contributed by atoms with Crippen LogP contribution in [0.5, 0.6) is 0 Å². The van der Waals surface area contributed by atoms with Gasteiger partial charge in [0.15, 0.2) is 0 Å². The molecule has 15 heavy (non-hydrogen) atoms. The molecule has 0 spiro atoms. The number of hydrogen-bond donors (Lipinski definition) is 3. The van der Waals surface area contributed by atoms with Crippen molar-refractivity contribution < 1.29 is 4.79 Å². The number of amides is 1. The Bertz CT molecular complexity index is 218. The molecule has 0 aromatic heterocycles. The molecule has 1 aliphatic heterocycles. The summed E-state index contributed by atoms with van der Waals surface area (Å²) in [5, 5.41) is 6.37. The van der Waals surface area contributed by atoms with Crippen LogP contribution >= 0.6 is 0 Å². The van der Waals surface area contributed by atoms with E-state index in [0.717, 1.165) is 19.4 Å². The molecule has 4 heteroatoms. The minimum Gasteiger partial charge on any atom is -0.350 e. The second-order valence-electron chi connectivity index (χ2n) is 4.77. The van der Waals surface area contributed by atoms with Crippen molar-refractivity contribution in [3.05, 3.63) is 0 Å². The molecule has 0 aromatic rings. The molecule has 1 saturated heterocycles. The molecule has 0 bridgehead atoms. The van der Waals surface area contributed by atoms with E-state index in [9.17, 15) is 4.79 Å². The van der Waals surface area contributed by atoms with E-state index in [0.29, 0.717) is 6.04 Å². The van der Waals surface area contributed by atoms with E-state index in [1.54, 1.807) is 0 Å². The maximum Gasteiger partial charge on any atom is 0.237 e. The minimum absolute atomic E-state index is 0.0226. The van der Waals surface area contributed by atoms with Crippen molar-refractivity contribution in [3.63, 3.8) is 0 Å². The first-order chi connectivity index (χ1) is 7.02. The molecule has 0 radical (unpaired) electrons. The van der Waals surface area contributed by atoms with E-state index in [1.165, 1.54) is 0 Å². The molecule has 1 amide bonds. The van der Waals surface area contributed by atoms with E-state index < -0.39 is 0 Å². The van der Waals surface area contributed by atoms with Crippen LogP contribution in [0.3, 0.4) is 0 Å². The van der Waals surface area contributed by atoms with Crippen molar-refractivity contribution in [3.8, 4) is 0 Å². The third-order valence-electron chi connectivity index (χ3n) is 3.11. The molecular weight excluding hydrogens is 190 g/mol. The Morgan fingerprint density at radius 3 is 2.73 bits per heavy atom. The summed E-state index contributed by atoms with van der Waals surface area (Å²) >= 11 is 0. The highest BCUT2D eigenvalue weighted by molar-refractivity contribution is 5.82. The lowest BCUT2D eigenvalue weighted by Gasteiger charge is -2.31. The maximum atomic E-state index is 11.7. The van der Waals surface area contributed by atoms with E-state index in [2.05, 4.69) is 17.6 Å². The van der Waals surface area contributed by atoms with Crippen LogP contribution in [0.1, 0.15) is 33.6 Å². The molecule has 3 atom stereocenters. The van der Waals surface area contributed by atoms with E-state index in [4.69, 9.17) is 5.73 Å². The number of nitrogens with one attached hydrogen (secondary N) is 2. The number of carbonyl (C=O) groups excluding carboxylic acids is 1. The summed E-state index contributed by atoms with van der Waals surface area (Å²) in [7, 11) is 0. The zero-order valence-corrected chi connectivity index (χ0v) is 9.92. The normalized spacial score (nSPS) is 28.9. The molecule has 1 aliphatic rings. The number of carbonyl (C=O) groups is 1. The topological polar surface area (TPSA) is 67.1 Å². The summed E-state index contributed by atoms with van der Waals surface area (Å²) in [5.74, 6) is 0.169. The first kappa shape index (κ1) is 12.5. The summed E-state index contributed by atoms with van der Waals surface area (Å²) in [6.07, 6.45) is 2.16. The van der Waals surface area contributed by atoms with Gasteiger partial charge < -0.3 is 16.4 Å². The fourth-order valence-corrected chi connectivity index (χ4v) is 1.82. The van der Waals surface area contributed by atoms with Gasteiger partial charge in [-0.25, -0.2) is 0 Å². The summed E-state index contributed by atoms with van der Waals surface area (Å²) in [6, 6.07) is 0.192. The summed E-state index contributed by atoms with van der Waals surface area (Å²) < 4.78 is 0. The highest BCUT2D eigenvalue weighted by atomic mass is 16.2. The molecule has 88 valence electrons. The lowest BCUT2D eigenvalue weighted by molar-refractivity contribution is -0.124. The number of piperidine rings is 1. The lowest BCUT2D eigenvalue weighted by Crippen LogP contribution is -2.56. The van der Waals surface area contributed by atoms with Crippen LogP contribution in [-0.2, 0) is 4.79 Å². The van der Waals surface area contributed by atoms with Gasteiger partial charge in [0.2, 0.25) is 5.91 Å². The summed E-state index contributed by atoms with van der Waals surface area (Å²) in [6.45, 7) is 7.08. The highest BCUT2D eigenvalue weighted by Gasteiger charge is 2.25. The molecule has 0 aromatic carbocycles. The van der Waals surface area contributed by atoms with Gasteiger partial charge >= 0.3 is 0 Å². The Balaban J connectivity index is 2.42. The van der Waals surface area contributed by atoms with Gasteiger partial charge in [-0.15, -0.1) is 0 Å². The fraction of sp³-hybridized carbons (Fsp3) is 0.909. The third kappa shape index (κ3) is 3.47. The van der Waals surface area contributed by atoms with Crippen LogP contribution in [0, 0.1) is 5.92 Å². The Morgan fingerprint density at radius 1 is 1.53 bits per heavy atom. The molecule has 0 saturated carbocycles. The van der Waals surface area contributed by atoms with Gasteiger partial charge in [-0.2, -0.15) is 0 Å². The maximum absolute atomic E-state index is 11.7. The summed E-state index contributed by atoms with van der Waals surface area (Å²) in [5.41, 5.74) is 5.79. The molecule has 4 N–H and O–H groups in total. The summed E-state index contributed by atoms with van der Waals surface area (Å²) in [4.78, 5) is 11.7. The Kier molecular flexibility index (Phi) is 4.54. The minimum atomic E-state index is -0.390. The molecule has 4 nitrogen and oxygen atoms in total. The SMILES string of the molecule is CC1NCCCC1NC(=O)[C@@H](N)C(C)C. The molecule has 1 fully saturated rings. The Hall–Kier alpha value is -0.610. The first-order valence-corrected chi connectivity index (χ1v) is 5.81. The van der Waals surface area contributed by atoms with Crippen LogP contribution in [0.2, 0.25) is 0 Å². The van der Waals surface area contributed by atoms with Crippen LogP contribution < -0.4 is 16.4 Å². The van der Waals surface area contributed by atoms with Crippen molar-refractivity contribution in [2.24, 2.45) is 11.7 Å². The van der Waals surface area contributed by atoms with Crippen LogP contribution in [0.4, 0.5) is 0 Å². The number of nitrogens with two attached hydrogens (primary N) is 1. The standard InChI is InChI=1S/C11H23N3O/c1-7(2)10(12)11(15)14-9-5-4-6-13-8(9)3/h7-10,13H,4-6,12H2,1-3H3,(H,14,15)/t8?,9?,10-/m0/s1. The fourth-order valence-electron chi connectivity index (χ4n) is 1.82. The molecule has 2 unspecified atom stereocenters. The van der Waals surface area contributed by atoms with E-state index >= 15 is 0 Å². The van der Waals surface area contributed by atoms with Gasteiger partial charge in [0.1, 0.15) is 0 Å². The second kappa shape index (κ2) is 5.47. The van der Waals surface area contributed by atoms with E-state index in [-0.39, 0.29) is 23.9 Å². The van der Waals surface area contributed by atoms with Gasteiger partial charge in [0.25, 0.3) is 0 Å². The predicted octanol–water partition coefficient (Wildman–Crippen LogP) is 0.226. The number of hydrogen-bond acceptors (Lipinski definition) is 3. The van der Waals surface area contributed by atoms with Crippen molar-refractivity contribution >= 4 is 5.91 Å². The second-order valence-corrected chi connectivity index (χ2v) is 4.77. The molecule has 1 heterocycles. The van der Waals surface area contributed by atoms with Crippen molar-refractivity contribution in [2.45, 2.75) is 51.7 Å². The van der Waals surface area contributed by atoms with Gasteiger partial charge in [0.05, 0.1) is 6.04 Å². The molecule has 0 aliphatic carbocycles. The number of rotatable bonds is 3. The van der Waals surface area contributed by atoms with Crippen LogP contribution in [-0.4, -0.2) is 30.6 Å². The molecular formula is C11H23N3O. The van der Waals surface area contributed by atoms with E-state index in [1.807, 2.05) is 13.8 Å². The average molecular weight is 213 g/mol. The van der Waals surface area contributed by atoms with Crippen molar-refractivity contribution in [1.82, 2.24) is 10.6 Å². The lowest BCUT2D eigenvalue weighted by atomic mass is 9.98. The van der Waals surface area contributed by atoms with Crippen LogP contribution in [0.25, 0.3) is 0 Å². The Morgan fingerprint density at radius 2 is 2.20 bits per heavy atom. The largest absolute Gasteiger partial charge is 0.350 e. The first-order valence-electron chi connectivity index (χ1n) is 5.81. The van der Waals surface area contributed by atoms with Crippen LogP contribution in [0.15, 0.2) is 0 Å². The van der Waals surface area contributed by atoms with Crippen molar-refractivity contribution in [2.75, 3.05) is 6.54 Å². The highest BCUT2D eigenvalue weighted by Crippen LogP contribution is 2.09. The monoisotopic (exact) mass is 213 g/mol. The van der Waals surface area contributed by atoms with Gasteiger partial charge in [-0.05, 0) is 32.2 Å². The third-order valence-corrected chi connectivity index (χ3v) is 3.11. The van der Waals surface area contributed by atoms with Gasteiger partial charge in [0, 0.05) is 12.1 Å². The quantitative estimate of drug-likeness (QED) is 0.628.